The van der Waals surface area contributed by atoms with Gasteiger partial charge in [0.2, 0.25) is 0 Å². The Balaban J connectivity index is 1.62. The van der Waals surface area contributed by atoms with Gasteiger partial charge < -0.3 is 5.32 Å². The van der Waals surface area contributed by atoms with Crippen LogP contribution in [0.3, 0.4) is 0 Å². The Kier molecular flexibility index (Phi) is 5.78. The number of halogens is 1. The van der Waals surface area contributed by atoms with Crippen molar-refractivity contribution in [1.29, 1.82) is 0 Å². The summed E-state index contributed by atoms with van der Waals surface area (Å²) in [5.41, 5.74) is 3.43. The Bertz CT molecular complexity index is 891. The first-order valence-corrected chi connectivity index (χ1v) is 9.97. The van der Waals surface area contributed by atoms with E-state index in [0.29, 0.717) is 10.6 Å². The summed E-state index contributed by atoms with van der Waals surface area (Å²) in [6, 6.07) is 13.0. The van der Waals surface area contributed by atoms with Crippen molar-refractivity contribution >= 4 is 46.3 Å². The molecule has 25 heavy (non-hydrogen) atoms. The molecule has 0 atom stereocenters. The van der Waals surface area contributed by atoms with Crippen molar-refractivity contribution in [2.75, 3.05) is 5.32 Å². The predicted octanol–water partition coefficient (Wildman–Crippen LogP) is 5.96. The second-order valence-corrected chi connectivity index (χ2v) is 8.13. The molecule has 0 unspecified atom stereocenters. The lowest BCUT2D eigenvalue weighted by atomic mass is 10.1. The SMILES string of the molecule is Cc1nc(CSc2ccc(C(=O)Nc3ccc(Cl)cc3C)cc2)cs1. The lowest BCUT2D eigenvalue weighted by molar-refractivity contribution is 0.102. The molecule has 3 aromatic rings. The first-order chi connectivity index (χ1) is 12.0. The molecule has 1 aromatic heterocycles. The van der Waals surface area contributed by atoms with Gasteiger partial charge in [0.05, 0.1) is 10.7 Å². The molecule has 0 bridgehead atoms. The number of hydrogen-bond donors (Lipinski definition) is 1. The zero-order valence-corrected chi connectivity index (χ0v) is 16.3. The van der Waals surface area contributed by atoms with Crippen LogP contribution in [-0.2, 0) is 5.75 Å². The number of nitrogens with one attached hydrogen (secondary N) is 1. The molecule has 128 valence electrons. The van der Waals surface area contributed by atoms with E-state index in [1.807, 2.05) is 50.2 Å². The van der Waals surface area contributed by atoms with Gasteiger partial charge in [-0.2, -0.15) is 0 Å². The standard InChI is InChI=1S/C19H17ClN2OS2/c1-12-9-15(20)5-8-18(12)22-19(23)14-3-6-17(7-4-14)25-11-16-10-24-13(2)21-16/h3-10H,11H2,1-2H3,(H,22,23). The molecule has 6 heteroatoms. The summed E-state index contributed by atoms with van der Waals surface area (Å²) in [5.74, 6) is 0.706. The molecule has 0 radical (unpaired) electrons. The molecular formula is C19H17ClN2OS2. The number of aromatic nitrogens is 1. The van der Waals surface area contributed by atoms with E-state index in [0.717, 1.165) is 32.6 Å². The fourth-order valence-corrected chi connectivity index (χ4v) is 4.03. The second-order valence-electron chi connectivity index (χ2n) is 5.58. The number of carbonyl (C=O) groups excluding carboxylic acids is 1. The van der Waals surface area contributed by atoms with Crippen LogP contribution in [0, 0.1) is 13.8 Å². The molecule has 0 spiro atoms. The number of benzene rings is 2. The van der Waals surface area contributed by atoms with E-state index >= 15 is 0 Å². The number of nitrogens with zero attached hydrogens (tertiary/aromatic N) is 1. The van der Waals surface area contributed by atoms with Crippen LogP contribution < -0.4 is 5.32 Å². The van der Waals surface area contributed by atoms with Crippen LogP contribution in [0.15, 0.2) is 52.7 Å². The molecule has 0 fully saturated rings. The minimum atomic E-state index is -0.128. The van der Waals surface area contributed by atoms with Crippen molar-refractivity contribution in [3.8, 4) is 0 Å². The second kappa shape index (κ2) is 8.04. The highest BCUT2D eigenvalue weighted by Crippen LogP contribution is 2.25. The largest absolute Gasteiger partial charge is 0.322 e. The van der Waals surface area contributed by atoms with Crippen LogP contribution in [0.5, 0.6) is 0 Å². The number of hydrogen-bond acceptors (Lipinski definition) is 4. The lowest BCUT2D eigenvalue weighted by Gasteiger charge is -2.09. The first kappa shape index (κ1) is 18.0. The topological polar surface area (TPSA) is 42.0 Å². The van der Waals surface area contributed by atoms with Gasteiger partial charge in [0.25, 0.3) is 5.91 Å². The maximum atomic E-state index is 12.4. The van der Waals surface area contributed by atoms with Crippen molar-refractivity contribution in [2.45, 2.75) is 24.5 Å². The van der Waals surface area contributed by atoms with Gasteiger partial charge in [0.15, 0.2) is 0 Å². The van der Waals surface area contributed by atoms with Crippen LogP contribution >= 0.6 is 34.7 Å². The molecule has 2 aromatic carbocycles. The molecule has 0 saturated carbocycles. The highest BCUT2D eigenvalue weighted by molar-refractivity contribution is 7.98. The molecular weight excluding hydrogens is 372 g/mol. The number of amides is 1. The smallest absolute Gasteiger partial charge is 0.255 e. The first-order valence-electron chi connectivity index (χ1n) is 7.72. The number of carbonyl (C=O) groups is 1. The van der Waals surface area contributed by atoms with Gasteiger partial charge in [-0.3, -0.25) is 4.79 Å². The van der Waals surface area contributed by atoms with Crippen molar-refractivity contribution in [3.63, 3.8) is 0 Å². The molecule has 1 amide bonds. The Morgan fingerprint density at radius 3 is 2.60 bits per heavy atom. The fourth-order valence-electron chi connectivity index (χ4n) is 2.30. The quantitative estimate of drug-likeness (QED) is 0.548. The highest BCUT2D eigenvalue weighted by Gasteiger charge is 2.08. The van der Waals surface area contributed by atoms with Gasteiger partial charge in [0, 0.05) is 32.3 Å². The predicted molar refractivity (Wildman–Crippen MR) is 107 cm³/mol. The van der Waals surface area contributed by atoms with Crippen LogP contribution in [0.4, 0.5) is 5.69 Å². The molecule has 1 heterocycles. The van der Waals surface area contributed by atoms with Gasteiger partial charge in [-0.15, -0.1) is 23.1 Å². The molecule has 3 rings (SSSR count). The average molecular weight is 389 g/mol. The number of thiazole rings is 1. The molecule has 0 aliphatic carbocycles. The summed E-state index contributed by atoms with van der Waals surface area (Å²) in [5, 5.41) is 6.75. The van der Waals surface area contributed by atoms with Crippen molar-refractivity contribution < 1.29 is 4.79 Å². The zero-order chi connectivity index (χ0) is 17.8. The maximum Gasteiger partial charge on any atom is 0.255 e. The van der Waals surface area contributed by atoms with Gasteiger partial charge in [-0.05, 0) is 61.9 Å². The third-order valence-electron chi connectivity index (χ3n) is 3.61. The Morgan fingerprint density at radius 1 is 1.20 bits per heavy atom. The lowest BCUT2D eigenvalue weighted by Crippen LogP contribution is -2.12. The molecule has 0 aliphatic heterocycles. The minimum Gasteiger partial charge on any atom is -0.322 e. The monoisotopic (exact) mass is 388 g/mol. The summed E-state index contributed by atoms with van der Waals surface area (Å²) in [6.45, 7) is 3.93. The minimum absolute atomic E-state index is 0.128. The number of thioether (sulfide) groups is 1. The summed E-state index contributed by atoms with van der Waals surface area (Å²) < 4.78 is 0. The number of anilines is 1. The van der Waals surface area contributed by atoms with Crippen LogP contribution in [0.1, 0.15) is 26.6 Å². The summed E-state index contributed by atoms with van der Waals surface area (Å²) >= 11 is 9.32. The van der Waals surface area contributed by atoms with Gasteiger partial charge >= 0.3 is 0 Å². The van der Waals surface area contributed by atoms with E-state index in [4.69, 9.17) is 11.6 Å². The van der Waals surface area contributed by atoms with E-state index in [1.165, 1.54) is 0 Å². The number of rotatable bonds is 5. The summed E-state index contributed by atoms with van der Waals surface area (Å²) in [7, 11) is 0. The van der Waals surface area contributed by atoms with E-state index in [1.54, 1.807) is 29.2 Å². The van der Waals surface area contributed by atoms with Crippen LogP contribution in [0.25, 0.3) is 0 Å². The molecule has 0 saturated heterocycles. The highest BCUT2D eigenvalue weighted by atomic mass is 35.5. The summed E-state index contributed by atoms with van der Waals surface area (Å²) in [6.07, 6.45) is 0. The van der Waals surface area contributed by atoms with E-state index < -0.39 is 0 Å². The Morgan fingerprint density at radius 2 is 1.96 bits per heavy atom. The summed E-state index contributed by atoms with van der Waals surface area (Å²) in [4.78, 5) is 18.0. The normalized spacial score (nSPS) is 10.7. The van der Waals surface area contributed by atoms with Gasteiger partial charge in [-0.1, -0.05) is 11.6 Å². The van der Waals surface area contributed by atoms with Crippen molar-refractivity contribution in [2.24, 2.45) is 0 Å². The third kappa shape index (κ3) is 4.84. The number of aryl methyl sites for hydroxylation is 2. The van der Waals surface area contributed by atoms with Crippen LogP contribution in [-0.4, -0.2) is 10.9 Å². The Labute approximate surface area is 160 Å². The third-order valence-corrected chi connectivity index (χ3v) is 5.71. The molecule has 3 nitrogen and oxygen atoms in total. The van der Waals surface area contributed by atoms with Crippen LogP contribution in [0.2, 0.25) is 5.02 Å². The van der Waals surface area contributed by atoms with Crippen molar-refractivity contribution in [1.82, 2.24) is 4.98 Å². The molecule has 1 N–H and O–H groups in total. The van der Waals surface area contributed by atoms with E-state index in [-0.39, 0.29) is 5.91 Å². The average Bonchev–Trinajstić information content (AvgIpc) is 3.01. The zero-order valence-electron chi connectivity index (χ0n) is 13.9. The molecule has 0 aliphatic rings. The van der Waals surface area contributed by atoms with Gasteiger partial charge in [-0.25, -0.2) is 4.98 Å². The van der Waals surface area contributed by atoms with E-state index in [2.05, 4.69) is 15.7 Å². The Hall–Kier alpha value is -1.82. The fraction of sp³-hybridized carbons (Fsp3) is 0.158. The maximum absolute atomic E-state index is 12.4. The van der Waals surface area contributed by atoms with Gasteiger partial charge in [0.1, 0.15) is 0 Å². The van der Waals surface area contributed by atoms with E-state index in [9.17, 15) is 4.79 Å². The van der Waals surface area contributed by atoms with Crippen molar-refractivity contribution in [3.05, 3.63) is 74.7 Å².